The molecule has 1 aliphatic heterocycles. The lowest BCUT2D eigenvalue weighted by Gasteiger charge is -2.19. The Morgan fingerprint density at radius 2 is 2.12 bits per heavy atom. The van der Waals surface area contributed by atoms with Crippen LogP contribution in [0.25, 0.3) is 10.9 Å². The highest BCUT2D eigenvalue weighted by molar-refractivity contribution is 5.93. The second-order valence-corrected chi connectivity index (χ2v) is 4.25. The minimum atomic E-state index is 1.00. The summed E-state index contributed by atoms with van der Waals surface area (Å²) in [4.78, 5) is 2.44. The first kappa shape index (κ1) is 9.58. The maximum atomic E-state index is 4.33. The van der Waals surface area contributed by atoms with E-state index >= 15 is 0 Å². The predicted octanol–water partition coefficient (Wildman–Crippen LogP) is 2.40. The highest BCUT2D eigenvalue weighted by Crippen LogP contribution is 2.32. The summed E-state index contributed by atoms with van der Waals surface area (Å²) in [5, 5.41) is 9.85. The topological polar surface area (TPSA) is 29.0 Å². The molecule has 0 saturated heterocycles. The number of anilines is 1. The summed E-state index contributed by atoms with van der Waals surface area (Å²) in [6.45, 7) is 4.42. The molecule has 0 saturated carbocycles. The van der Waals surface area contributed by atoms with Crippen molar-refractivity contribution < 1.29 is 0 Å². The maximum absolute atomic E-state index is 4.33. The van der Waals surface area contributed by atoms with Crippen LogP contribution in [0.4, 0.5) is 5.69 Å². The van der Waals surface area contributed by atoms with Gasteiger partial charge in [-0.15, -0.1) is 0 Å². The van der Waals surface area contributed by atoms with Gasteiger partial charge in [-0.05, 0) is 12.5 Å². The second-order valence-electron chi connectivity index (χ2n) is 4.25. The van der Waals surface area contributed by atoms with Gasteiger partial charge in [0.05, 0.1) is 16.9 Å². The minimum Gasteiger partial charge on any atom is -0.369 e. The third-order valence-corrected chi connectivity index (χ3v) is 3.14. The Hall–Kier alpha value is -1.64. The van der Waals surface area contributed by atoms with E-state index in [4.69, 9.17) is 0 Å². The molecule has 0 aliphatic carbocycles. The molecule has 0 unspecified atom stereocenters. The van der Waals surface area contributed by atoms with Crippen molar-refractivity contribution in [2.75, 3.05) is 18.0 Å². The molecule has 3 heteroatoms. The summed E-state index contributed by atoms with van der Waals surface area (Å²) < 4.78 is 0. The average Bonchev–Trinajstić information content (AvgIpc) is 2.73. The smallest absolute Gasteiger partial charge is 0.0950 e. The summed E-state index contributed by atoms with van der Waals surface area (Å²) in [7, 11) is 0. The molecule has 0 bridgehead atoms. The first-order chi connectivity index (χ1) is 7.90. The zero-order valence-electron chi connectivity index (χ0n) is 9.48. The zero-order chi connectivity index (χ0) is 11.0. The lowest BCUT2D eigenvalue weighted by Crippen LogP contribution is -2.21. The molecular formula is C13H15N3. The monoisotopic (exact) mass is 213 g/mol. The molecule has 0 N–H and O–H groups in total. The van der Waals surface area contributed by atoms with Crippen LogP contribution in [-0.2, 0) is 6.42 Å². The Balaban J connectivity index is 2.20. The summed E-state index contributed by atoms with van der Waals surface area (Å²) in [5.74, 6) is 0. The molecule has 3 rings (SSSR count). The lowest BCUT2D eigenvalue weighted by atomic mass is 10.1. The van der Waals surface area contributed by atoms with Crippen LogP contribution in [-0.4, -0.2) is 23.3 Å². The molecule has 0 atom stereocenters. The first-order valence-electron chi connectivity index (χ1n) is 5.89. The third-order valence-electron chi connectivity index (χ3n) is 3.14. The van der Waals surface area contributed by atoms with Crippen LogP contribution >= 0.6 is 0 Å². The van der Waals surface area contributed by atoms with Gasteiger partial charge in [-0.1, -0.05) is 25.1 Å². The molecule has 16 heavy (non-hydrogen) atoms. The van der Waals surface area contributed by atoms with Gasteiger partial charge >= 0.3 is 0 Å². The van der Waals surface area contributed by atoms with E-state index in [0.29, 0.717) is 0 Å². The highest BCUT2D eigenvalue weighted by Gasteiger charge is 2.22. The number of hydrogen-bond donors (Lipinski definition) is 0. The number of hydrogen-bond acceptors (Lipinski definition) is 3. The molecule has 2 heterocycles. The van der Waals surface area contributed by atoms with Gasteiger partial charge in [0.25, 0.3) is 0 Å². The van der Waals surface area contributed by atoms with E-state index < -0.39 is 0 Å². The van der Waals surface area contributed by atoms with Crippen molar-refractivity contribution in [3.63, 3.8) is 0 Å². The van der Waals surface area contributed by atoms with Crippen molar-refractivity contribution in [3.05, 3.63) is 30.0 Å². The second kappa shape index (κ2) is 3.74. The molecule has 0 fully saturated rings. The molecular weight excluding hydrogens is 198 g/mol. The van der Waals surface area contributed by atoms with Gasteiger partial charge < -0.3 is 4.90 Å². The summed E-state index contributed by atoms with van der Waals surface area (Å²) in [5.41, 5.74) is 3.48. The van der Waals surface area contributed by atoms with Gasteiger partial charge in [0.2, 0.25) is 0 Å². The molecule has 0 spiro atoms. The standard InChI is InChI=1S/C13H15N3/c1-2-8-16-9-7-12-13(16)10-5-3-4-6-11(10)14-15-12/h3-6H,2,7-9H2,1H3. The van der Waals surface area contributed by atoms with Gasteiger partial charge in [0.1, 0.15) is 0 Å². The number of nitrogens with zero attached hydrogens (tertiary/aromatic N) is 3. The molecule has 1 aliphatic rings. The molecule has 1 aromatic carbocycles. The van der Waals surface area contributed by atoms with Gasteiger partial charge in [0.15, 0.2) is 0 Å². The van der Waals surface area contributed by atoms with E-state index in [9.17, 15) is 0 Å². The lowest BCUT2D eigenvalue weighted by molar-refractivity contribution is 0.796. The number of benzene rings is 1. The van der Waals surface area contributed by atoms with E-state index in [1.807, 2.05) is 12.1 Å². The van der Waals surface area contributed by atoms with Crippen molar-refractivity contribution in [1.82, 2.24) is 10.2 Å². The van der Waals surface area contributed by atoms with E-state index in [2.05, 4.69) is 34.2 Å². The summed E-state index contributed by atoms with van der Waals surface area (Å²) in [6.07, 6.45) is 2.21. The molecule has 3 nitrogen and oxygen atoms in total. The highest BCUT2D eigenvalue weighted by atomic mass is 15.2. The fourth-order valence-electron chi connectivity index (χ4n) is 2.45. The van der Waals surface area contributed by atoms with Crippen LogP contribution < -0.4 is 4.90 Å². The van der Waals surface area contributed by atoms with E-state index in [1.165, 1.54) is 17.5 Å². The fraction of sp³-hybridized carbons (Fsp3) is 0.385. The molecule has 2 aromatic rings. The van der Waals surface area contributed by atoms with Crippen LogP contribution in [0.15, 0.2) is 24.3 Å². The molecule has 1 aromatic heterocycles. The van der Waals surface area contributed by atoms with Gasteiger partial charge in [0, 0.05) is 24.9 Å². The number of fused-ring (bicyclic) bond motifs is 3. The SMILES string of the molecule is CCCN1CCc2nnc3ccccc3c21. The van der Waals surface area contributed by atoms with E-state index in [1.54, 1.807) is 0 Å². The van der Waals surface area contributed by atoms with Gasteiger partial charge in [-0.2, -0.15) is 10.2 Å². The number of aromatic nitrogens is 2. The van der Waals surface area contributed by atoms with Crippen LogP contribution in [0, 0.1) is 0 Å². The van der Waals surface area contributed by atoms with Crippen LogP contribution in [0.5, 0.6) is 0 Å². The molecule has 0 amide bonds. The first-order valence-corrected chi connectivity index (χ1v) is 5.89. The predicted molar refractivity (Wildman–Crippen MR) is 65.7 cm³/mol. The van der Waals surface area contributed by atoms with Crippen LogP contribution in [0.3, 0.4) is 0 Å². The normalized spacial score (nSPS) is 14.4. The largest absolute Gasteiger partial charge is 0.369 e. The maximum Gasteiger partial charge on any atom is 0.0950 e. The zero-order valence-corrected chi connectivity index (χ0v) is 9.48. The Morgan fingerprint density at radius 3 is 3.00 bits per heavy atom. The Morgan fingerprint density at radius 1 is 1.25 bits per heavy atom. The van der Waals surface area contributed by atoms with Crippen LogP contribution in [0.2, 0.25) is 0 Å². The van der Waals surface area contributed by atoms with E-state index in [-0.39, 0.29) is 0 Å². The summed E-state index contributed by atoms with van der Waals surface area (Å²) >= 11 is 0. The Labute approximate surface area is 95.1 Å². The van der Waals surface area contributed by atoms with Crippen molar-refractivity contribution in [1.29, 1.82) is 0 Å². The van der Waals surface area contributed by atoms with Crippen molar-refractivity contribution in [3.8, 4) is 0 Å². The number of rotatable bonds is 2. The van der Waals surface area contributed by atoms with E-state index in [0.717, 1.165) is 30.7 Å². The quantitative estimate of drug-likeness (QED) is 0.767. The minimum absolute atomic E-state index is 1.00. The van der Waals surface area contributed by atoms with Crippen molar-refractivity contribution in [2.45, 2.75) is 19.8 Å². The Kier molecular flexibility index (Phi) is 2.24. The fourth-order valence-corrected chi connectivity index (χ4v) is 2.45. The molecule has 0 radical (unpaired) electrons. The van der Waals surface area contributed by atoms with Crippen LogP contribution in [0.1, 0.15) is 19.0 Å². The third kappa shape index (κ3) is 1.35. The molecule has 82 valence electrons. The van der Waals surface area contributed by atoms with Gasteiger partial charge in [-0.3, -0.25) is 0 Å². The van der Waals surface area contributed by atoms with Crippen molar-refractivity contribution in [2.24, 2.45) is 0 Å². The summed E-state index contributed by atoms with van der Waals surface area (Å²) in [6, 6.07) is 8.27. The van der Waals surface area contributed by atoms with Gasteiger partial charge in [-0.25, -0.2) is 0 Å². The Bertz CT molecular complexity index is 520. The van der Waals surface area contributed by atoms with Crippen molar-refractivity contribution >= 4 is 16.6 Å². The average molecular weight is 213 g/mol.